The number of hydrogen-bond donors (Lipinski definition) is 1. The van der Waals surface area contributed by atoms with E-state index >= 15 is 0 Å². The van der Waals surface area contributed by atoms with Gasteiger partial charge in [-0.1, -0.05) is 0 Å². The summed E-state index contributed by atoms with van der Waals surface area (Å²) in [6, 6.07) is 7.31. The van der Waals surface area contributed by atoms with Crippen LogP contribution < -0.4 is 15.8 Å². The lowest BCUT2D eigenvalue weighted by molar-refractivity contribution is -0.384. The number of nitro groups is 1. The van der Waals surface area contributed by atoms with Gasteiger partial charge < -0.3 is 19.2 Å². The van der Waals surface area contributed by atoms with Crippen molar-refractivity contribution in [1.29, 1.82) is 0 Å². The van der Waals surface area contributed by atoms with Crippen molar-refractivity contribution in [3.05, 3.63) is 57.2 Å². The standard InChI is InChI=1S/C19H20N4O7/c1-28-10-11-29-18-14(4-2-8-20-18)21-17(24)5-3-9-22-15-7-6-13(23(26)27)12-16(15)30-19(22)25/h2,4,6-8,12H,3,5,9-11H2,1H3,(H,21,24). The molecule has 0 unspecified atom stereocenters. The van der Waals surface area contributed by atoms with Crippen molar-refractivity contribution in [3.63, 3.8) is 0 Å². The molecule has 1 amide bonds. The van der Waals surface area contributed by atoms with Crippen molar-refractivity contribution in [2.24, 2.45) is 0 Å². The minimum Gasteiger partial charge on any atom is -0.474 e. The van der Waals surface area contributed by atoms with Crippen molar-refractivity contribution in [2.45, 2.75) is 19.4 Å². The van der Waals surface area contributed by atoms with Gasteiger partial charge in [-0.25, -0.2) is 9.78 Å². The van der Waals surface area contributed by atoms with Gasteiger partial charge in [0, 0.05) is 32.3 Å². The lowest BCUT2D eigenvalue weighted by atomic mass is 10.2. The van der Waals surface area contributed by atoms with E-state index in [4.69, 9.17) is 13.9 Å². The summed E-state index contributed by atoms with van der Waals surface area (Å²) in [7, 11) is 1.56. The molecule has 0 spiro atoms. The number of nitro benzene ring substituents is 1. The van der Waals surface area contributed by atoms with Crippen LogP contribution in [0.2, 0.25) is 0 Å². The van der Waals surface area contributed by atoms with Crippen molar-refractivity contribution in [3.8, 4) is 5.88 Å². The minimum absolute atomic E-state index is 0.131. The van der Waals surface area contributed by atoms with Crippen LogP contribution in [-0.4, -0.2) is 40.7 Å². The molecule has 11 nitrogen and oxygen atoms in total. The average molecular weight is 416 g/mol. The van der Waals surface area contributed by atoms with Gasteiger partial charge in [-0.2, -0.15) is 0 Å². The Labute approximate surface area is 170 Å². The SMILES string of the molecule is COCCOc1ncccc1NC(=O)CCCn1c(=O)oc2cc([N+](=O)[O-])ccc21. The van der Waals surface area contributed by atoms with Gasteiger partial charge in [-0.05, 0) is 24.6 Å². The van der Waals surface area contributed by atoms with Crippen LogP contribution in [0.15, 0.2) is 45.7 Å². The van der Waals surface area contributed by atoms with Gasteiger partial charge in [0.2, 0.25) is 11.8 Å². The second-order valence-corrected chi connectivity index (χ2v) is 6.28. The van der Waals surface area contributed by atoms with E-state index in [1.807, 2.05) is 0 Å². The number of oxazole rings is 1. The van der Waals surface area contributed by atoms with Crippen LogP contribution >= 0.6 is 0 Å². The van der Waals surface area contributed by atoms with E-state index in [2.05, 4.69) is 10.3 Å². The van der Waals surface area contributed by atoms with Crippen LogP contribution in [0.3, 0.4) is 0 Å². The molecule has 11 heteroatoms. The summed E-state index contributed by atoms with van der Waals surface area (Å²) in [6.45, 7) is 0.910. The smallest absolute Gasteiger partial charge is 0.419 e. The number of aryl methyl sites for hydroxylation is 1. The molecular weight excluding hydrogens is 396 g/mol. The fraction of sp³-hybridized carbons (Fsp3) is 0.316. The van der Waals surface area contributed by atoms with E-state index in [1.165, 1.54) is 22.8 Å². The number of benzene rings is 1. The van der Waals surface area contributed by atoms with E-state index in [1.54, 1.807) is 25.4 Å². The number of rotatable bonds is 10. The summed E-state index contributed by atoms with van der Waals surface area (Å²) in [5.41, 5.74) is 0.846. The molecule has 0 radical (unpaired) electrons. The lowest BCUT2D eigenvalue weighted by Gasteiger charge is -2.11. The third-order valence-corrected chi connectivity index (χ3v) is 4.22. The predicted molar refractivity (Wildman–Crippen MR) is 107 cm³/mol. The molecule has 2 heterocycles. The highest BCUT2D eigenvalue weighted by atomic mass is 16.6. The number of pyridine rings is 1. The summed E-state index contributed by atoms with van der Waals surface area (Å²) in [6.07, 6.45) is 2.05. The molecule has 3 aromatic rings. The van der Waals surface area contributed by atoms with Gasteiger partial charge in [-0.15, -0.1) is 0 Å². The Hall–Kier alpha value is -3.73. The fourth-order valence-corrected chi connectivity index (χ4v) is 2.81. The normalized spacial score (nSPS) is 10.8. The molecule has 30 heavy (non-hydrogen) atoms. The first kappa shape index (κ1) is 21.0. The highest BCUT2D eigenvalue weighted by Crippen LogP contribution is 2.22. The molecule has 0 saturated heterocycles. The number of nitrogens with zero attached hydrogens (tertiary/aromatic N) is 3. The molecule has 0 saturated carbocycles. The Bertz CT molecular complexity index is 1110. The van der Waals surface area contributed by atoms with Crippen molar-refractivity contribution in [1.82, 2.24) is 9.55 Å². The van der Waals surface area contributed by atoms with Gasteiger partial charge in [-0.3, -0.25) is 19.5 Å². The first-order chi connectivity index (χ1) is 14.5. The second-order valence-electron chi connectivity index (χ2n) is 6.28. The molecule has 0 aliphatic rings. The maximum absolute atomic E-state index is 12.3. The zero-order chi connectivity index (χ0) is 21.5. The number of amides is 1. The number of aromatic nitrogens is 2. The monoisotopic (exact) mass is 416 g/mol. The van der Waals surface area contributed by atoms with Gasteiger partial charge in [0.15, 0.2) is 5.58 Å². The molecular formula is C19H20N4O7. The van der Waals surface area contributed by atoms with Crippen LogP contribution in [0, 0.1) is 10.1 Å². The second kappa shape index (κ2) is 9.65. The third-order valence-electron chi connectivity index (χ3n) is 4.22. The van der Waals surface area contributed by atoms with Crippen LogP contribution in [0.4, 0.5) is 11.4 Å². The number of methoxy groups -OCH3 is 1. The quantitative estimate of drug-likeness (QED) is 0.302. The van der Waals surface area contributed by atoms with E-state index in [-0.39, 0.29) is 30.1 Å². The predicted octanol–water partition coefficient (Wildman–Crippen LogP) is 2.34. The molecule has 2 aromatic heterocycles. The molecule has 0 bridgehead atoms. The van der Waals surface area contributed by atoms with Crippen LogP contribution in [0.1, 0.15) is 12.8 Å². The van der Waals surface area contributed by atoms with Gasteiger partial charge >= 0.3 is 5.76 Å². The Balaban J connectivity index is 1.60. The highest BCUT2D eigenvalue weighted by molar-refractivity contribution is 5.91. The zero-order valence-corrected chi connectivity index (χ0v) is 16.2. The van der Waals surface area contributed by atoms with Crippen molar-refractivity contribution in [2.75, 3.05) is 25.6 Å². The first-order valence-corrected chi connectivity index (χ1v) is 9.14. The lowest BCUT2D eigenvalue weighted by Crippen LogP contribution is -2.17. The maximum atomic E-state index is 12.3. The number of carbonyl (C=O) groups is 1. The van der Waals surface area contributed by atoms with Crippen LogP contribution in [0.25, 0.3) is 11.1 Å². The maximum Gasteiger partial charge on any atom is 0.419 e. The molecule has 0 fully saturated rings. The Kier molecular flexibility index (Phi) is 6.75. The topological polar surface area (TPSA) is 139 Å². The summed E-state index contributed by atoms with van der Waals surface area (Å²) < 4.78 is 16.8. The number of nitrogens with one attached hydrogen (secondary N) is 1. The fourth-order valence-electron chi connectivity index (χ4n) is 2.81. The van der Waals surface area contributed by atoms with Crippen molar-refractivity contribution >= 4 is 28.4 Å². The first-order valence-electron chi connectivity index (χ1n) is 9.14. The van der Waals surface area contributed by atoms with E-state index in [0.29, 0.717) is 36.7 Å². The third kappa shape index (κ3) is 5.00. The van der Waals surface area contributed by atoms with Crippen LogP contribution in [-0.2, 0) is 16.1 Å². The Morgan fingerprint density at radius 1 is 1.33 bits per heavy atom. The Morgan fingerprint density at radius 3 is 2.93 bits per heavy atom. The van der Waals surface area contributed by atoms with E-state index in [0.717, 1.165) is 0 Å². The molecule has 0 aliphatic carbocycles. The summed E-state index contributed by atoms with van der Waals surface area (Å²) in [5.74, 6) is -0.607. The number of fused-ring (bicyclic) bond motifs is 1. The minimum atomic E-state index is -0.632. The molecule has 1 aromatic carbocycles. The zero-order valence-electron chi connectivity index (χ0n) is 16.2. The summed E-state index contributed by atoms with van der Waals surface area (Å²) in [4.78, 5) is 38.7. The molecule has 0 aliphatic heterocycles. The largest absolute Gasteiger partial charge is 0.474 e. The van der Waals surface area contributed by atoms with Crippen molar-refractivity contribution < 1.29 is 23.6 Å². The number of non-ortho nitro benzene ring substituents is 1. The number of carbonyl (C=O) groups excluding carboxylic acids is 1. The average Bonchev–Trinajstić information content (AvgIpc) is 3.04. The Morgan fingerprint density at radius 2 is 2.17 bits per heavy atom. The summed E-state index contributed by atoms with van der Waals surface area (Å²) >= 11 is 0. The van der Waals surface area contributed by atoms with Gasteiger partial charge in [0.1, 0.15) is 12.3 Å². The van der Waals surface area contributed by atoms with Gasteiger partial charge in [0.25, 0.3) is 5.69 Å². The molecule has 3 rings (SSSR count). The number of hydrogen-bond acceptors (Lipinski definition) is 8. The molecule has 1 N–H and O–H groups in total. The van der Waals surface area contributed by atoms with E-state index < -0.39 is 10.7 Å². The highest BCUT2D eigenvalue weighted by Gasteiger charge is 2.15. The van der Waals surface area contributed by atoms with E-state index in [9.17, 15) is 19.7 Å². The van der Waals surface area contributed by atoms with Crippen LogP contribution in [0.5, 0.6) is 5.88 Å². The molecule has 158 valence electrons. The number of anilines is 1. The molecule has 0 atom stereocenters. The van der Waals surface area contributed by atoms with Gasteiger partial charge in [0.05, 0.1) is 23.1 Å². The number of ether oxygens (including phenoxy) is 2. The summed E-state index contributed by atoms with van der Waals surface area (Å²) in [5, 5.41) is 13.6.